The fraction of sp³-hybridized carbons (Fsp3) is 0.529. The van der Waals surface area contributed by atoms with E-state index in [9.17, 15) is 0 Å². The Morgan fingerprint density at radius 2 is 2.27 bits per heavy atom. The van der Waals surface area contributed by atoms with Crippen LogP contribution in [-0.4, -0.2) is 28.0 Å². The van der Waals surface area contributed by atoms with Gasteiger partial charge in [-0.05, 0) is 42.9 Å². The van der Waals surface area contributed by atoms with E-state index >= 15 is 0 Å². The summed E-state index contributed by atoms with van der Waals surface area (Å²) in [6.45, 7) is 2.84. The van der Waals surface area contributed by atoms with Gasteiger partial charge >= 0.3 is 0 Å². The third-order valence-corrected chi connectivity index (χ3v) is 4.25. The van der Waals surface area contributed by atoms with Crippen molar-refractivity contribution in [3.8, 4) is 0 Å². The molecule has 0 radical (unpaired) electrons. The van der Waals surface area contributed by atoms with Crippen LogP contribution in [0, 0.1) is 5.92 Å². The fourth-order valence-corrected chi connectivity index (χ4v) is 2.87. The lowest BCUT2D eigenvalue weighted by atomic mass is 10.1. The fourth-order valence-electron chi connectivity index (χ4n) is 2.87. The van der Waals surface area contributed by atoms with Crippen molar-refractivity contribution in [2.45, 2.75) is 38.5 Å². The molecule has 5 nitrogen and oxygen atoms in total. The van der Waals surface area contributed by atoms with Crippen molar-refractivity contribution < 1.29 is 9.47 Å². The molecule has 0 N–H and O–H groups in total. The third kappa shape index (κ3) is 3.20. The standard InChI is InChI=1S/C17H21N3O2/c1-2-7-18-15(3-1)11-21-12-16-17-14(6-8-22-16)10-20(19-17)9-13-4-5-13/h1-3,7,10,13,16H,4-6,8-9,11-12H2. The number of aromatic nitrogens is 3. The van der Waals surface area contributed by atoms with E-state index in [2.05, 4.69) is 15.9 Å². The Hall–Kier alpha value is -1.72. The number of rotatable bonds is 6. The van der Waals surface area contributed by atoms with E-state index in [1.807, 2.05) is 18.2 Å². The van der Waals surface area contributed by atoms with E-state index < -0.39 is 0 Å². The normalized spacial score (nSPS) is 20.8. The second-order valence-corrected chi connectivity index (χ2v) is 6.15. The highest BCUT2D eigenvalue weighted by Gasteiger charge is 2.27. The van der Waals surface area contributed by atoms with Crippen LogP contribution in [0.25, 0.3) is 0 Å². The van der Waals surface area contributed by atoms with Gasteiger partial charge in [-0.15, -0.1) is 0 Å². The third-order valence-electron chi connectivity index (χ3n) is 4.25. The summed E-state index contributed by atoms with van der Waals surface area (Å²) in [7, 11) is 0. The maximum Gasteiger partial charge on any atom is 0.125 e. The van der Waals surface area contributed by atoms with Gasteiger partial charge in [0.05, 0.1) is 31.2 Å². The van der Waals surface area contributed by atoms with E-state index in [0.29, 0.717) is 13.2 Å². The summed E-state index contributed by atoms with van der Waals surface area (Å²) in [5.41, 5.74) is 3.32. The van der Waals surface area contributed by atoms with Crippen LogP contribution >= 0.6 is 0 Å². The number of ether oxygens (including phenoxy) is 2. The summed E-state index contributed by atoms with van der Waals surface area (Å²) in [6, 6.07) is 5.85. The average Bonchev–Trinajstić information content (AvgIpc) is 3.25. The lowest BCUT2D eigenvalue weighted by Crippen LogP contribution is -2.20. The molecule has 5 heteroatoms. The number of hydrogen-bond donors (Lipinski definition) is 0. The van der Waals surface area contributed by atoms with Crippen LogP contribution in [0.4, 0.5) is 0 Å². The van der Waals surface area contributed by atoms with Crippen LogP contribution < -0.4 is 0 Å². The molecule has 3 heterocycles. The van der Waals surface area contributed by atoms with Gasteiger partial charge in [0.15, 0.2) is 0 Å². The molecule has 1 aliphatic carbocycles. The molecule has 22 heavy (non-hydrogen) atoms. The second kappa shape index (κ2) is 6.18. The number of pyridine rings is 1. The molecule has 1 saturated carbocycles. The summed E-state index contributed by atoms with van der Waals surface area (Å²) in [5, 5.41) is 4.73. The Morgan fingerprint density at radius 1 is 1.32 bits per heavy atom. The molecule has 1 fully saturated rings. The van der Waals surface area contributed by atoms with Crippen molar-refractivity contribution in [3.63, 3.8) is 0 Å². The minimum atomic E-state index is -0.0482. The highest BCUT2D eigenvalue weighted by atomic mass is 16.5. The van der Waals surface area contributed by atoms with Crippen LogP contribution in [-0.2, 0) is 29.0 Å². The van der Waals surface area contributed by atoms with Gasteiger partial charge in [-0.3, -0.25) is 9.67 Å². The Kier molecular flexibility index (Phi) is 3.91. The molecule has 2 aliphatic rings. The summed E-state index contributed by atoms with van der Waals surface area (Å²) in [6.07, 6.45) is 7.58. The van der Waals surface area contributed by atoms with Crippen LogP contribution in [0.5, 0.6) is 0 Å². The Bertz CT molecular complexity index is 622. The molecule has 2 aromatic rings. The molecule has 0 saturated heterocycles. The molecule has 1 aliphatic heterocycles. The molecular weight excluding hydrogens is 278 g/mol. The summed E-state index contributed by atoms with van der Waals surface area (Å²) >= 11 is 0. The van der Waals surface area contributed by atoms with E-state index in [1.54, 1.807) is 6.20 Å². The number of nitrogens with zero attached hydrogens (tertiary/aromatic N) is 3. The first-order chi connectivity index (χ1) is 10.9. The van der Waals surface area contributed by atoms with Gasteiger partial charge in [0.25, 0.3) is 0 Å². The van der Waals surface area contributed by atoms with Crippen LogP contribution in [0.1, 0.15) is 35.9 Å². The van der Waals surface area contributed by atoms with E-state index in [-0.39, 0.29) is 6.10 Å². The maximum atomic E-state index is 5.86. The summed E-state index contributed by atoms with van der Waals surface area (Å²) in [5.74, 6) is 0.834. The van der Waals surface area contributed by atoms with Gasteiger partial charge in [-0.2, -0.15) is 5.10 Å². The van der Waals surface area contributed by atoms with E-state index in [1.165, 1.54) is 18.4 Å². The Labute approximate surface area is 130 Å². The average molecular weight is 299 g/mol. The van der Waals surface area contributed by atoms with E-state index in [0.717, 1.165) is 36.9 Å². The molecule has 0 amide bonds. The predicted octanol–water partition coefficient (Wildman–Crippen LogP) is 2.52. The molecule has 116 valence electrons. The van der Waals surface area contributed by atoms with Gasteiger partial charge < -0.3 is 9.47 Å². The molecule has 1 unspecified atom stereocenters. The quantitative estimate of drug-likeness (QED) is 0.822. The number of fused-ring (bicyclic) bond motifs is 1. The van der Waals surface area contributed by atoms with Crippen molar-refractivity contribution in [1.82, 2.24) is 14.8 Å². The summed E-state index contributed by atoms with van der Waals surface area (Å²) < 4.78 is 13.7. The SMILES string of the molecule is c1ccc(COCC2OCCc3cn(CC4CC4)nc32)nc1. The first-order valence-electron chi connectivity index (χ1n) is 8.04. The first-order valence-corrected chi connectivity index (χ1v) is 8.04. The minimum Gasteiger partial charge on any atom is -0.372 e. The number of hydrogen-bond acceptors (Lipinski definition) is 4. The molecule has 0 spiro atoms. The zero-order valence-corrected chi connectivity index (χ0v) is 12.6. The predicted molar refractivity (Wildman–Crippen MR) is 81.2 cm³/mol. The monoisotopic (exact) mass is 299 g/mol. The zero-order valence-electron chi connectivity index (χ0n) is 12.6. The van der Waals surface area contributed by atoms with Crippen molar-refractivity contribution in [3.05, 3.63) is 47.5 Å². The molecule has 2 aromatic heterocycles. The lowest BCUT2D eigenvalue weighted by molar-refractivity contribution is -0.0327. The zero-order chi connectivity index (χ0) is 14.8. The Balaban J connectivity index is 1.37. The Morgan fingerprint density at radius 3 is 3.09 bits per heavy atom. The smallest absolute Gasteiger partial charge is 0.125 e. The van der Waals surface area contributed by atoms with Crippen LogP contribution in [0.3, 0.4) is 0 Å². The van der Waals surface area contributed by atoms with Crippen molar-refractivity contribution >= 4 is 0 Å². The van der Waals surface area contributed by atoms with Crippen molar-refractivity contribution in [1.29, 1.82) is 0 Å². The highest BCUT2D eigenvalue weighted by Crippen LogP contribution is 2.32. The van der Waals surface area contributed by atoms with Gasteiger partial charge in [-0.25, -0.2) is 0 Å². The van der Waals surface area contributed by atoms with Crippen LogP contribution in [0.2, 0.25) is 0 Å². The van der Waals surface area contributed by atoms with Crippen molar-refractivity contribution in [2.24, 2.45) is 5.92 Å². The highest BCUT2D eigenvalue weighted by molar-refractivity contribution is 5.22. The lowest BCUT2D eigenvalue weighted by Gasteiger charge is -2.21. The van der Waals surface area contributed by atoms with Gasteiger partial charge in [-0.1, -0.05) is 6.07 Å². The second-order valence-electron chi connectivity index (χ2n) is 6.15. The molecular formula is C17H21N3O2. The maximum absolute atomic E-state index is 5.86. The van der Waals surface area contributed by atoms with Gasteiger partial charge in [0.2, 0.25) is 0 Å². The summed E-state index contributed by atoms with van der Waals surface area (Å²) in [4.78, 5) is 4.26. The van der Waals surface area contributed by atoms with Gasteiger partial charge in [0.1, 0.15) is 6.10 Å². The largest absolute Gasteiger partial charge is 0.372 e. The molecule has 0 bridgehead atoms. The first kappa shape index (κ1) is 13.9. The molecule has 1 atom stereocenters. The molecule has 0 aromatic carbocycles. The minimum absolute atomic E-state index is 0.0482. The van der Waals surface area contributed by atoms with Crippen LogP contribution in [0.15, 0.2) is 30.6 Å². The topological polar surface area (TPSA) is 49.2 Å². The van der Waals surface area contributed by atoms with Crippen molar-refractivity contribution in [2.75, 3.05) is 13.2 Å². The van der Waals surface area contributed by atoms with E-state index in [4.69, 9.17) is 14.6 Å². The molecule has 4 rings (SSSR count). The van der Waals surface area contributed by atoms with Gasteiger partial charge in [0, 0.05) is 18.9 Å².